The number of nitrogens with zero attached hydrogens (tertiary/aromatic N) is 2. The Morgan fingerprint density at radius 2 is 1.87 bits per heavy atom. The van der Waals surface area contributed by atoms with Gasteiger partial charge in [-0.2, -0.15) is 4.31 Å². The minimum Gasteiger partial charge on any atom is -0.325 e. The molecule has 2 aromatic heterocycles. The van der Waals surface area contributed by atoms with E-state index < -0.39 is 16.1 Å². The monoisotopic (exact) mass is 469 g/mol. The van der Waals surface area contributed by atoms with E-state index in [1.54, 1.807) is 28.8 Å². The van der Waals surface area contributed by atoms with E-state index in [1.165, 1.54) is 15.6 Å². The summed E-state index contributed by atoms with van der Waals surface area (Å²) >= 11 is 2.79. The van der Waals surface area contributed by atoms with Gasteiger partial charge in [0.2, 0.25) is 5.91 Å². The average Bonchev–Trinajstić information content (AvgIpc) is 3.54. The van der Waals surface area contributed by atoms with Crippen LogP contribution in [0.3, 0.4) is 0 Å². The molecule has 1 atom stereocenters. The number of fused-ring (bicyclic) bond motifs is 1. The van der Waals surface area contributed by atoms with E-state index in [0.717, 1.165) is 20.8 Å². The Labute approximate surface area is 188 Å². The molecule has 1 fully saturated rings. The number of nitrogens with one attached hydrogen (secondary N) is 1. The first-order chi connectivity index (χ1) is 15.0. The number of sulfonamides is 1. The summed E-state index contributed by atoms with van der Waals surface area (Å²) in [5.41, 5.74) is 2.57. The van der Waals surface area contributed by atoms with Crippen LogP contribution in [0.15, 0.2) is 70.3 Å². The fourth-order valence-corrected chi connectivity index (χ4v) is 7.48. The Morgan fingerprint density at radius 1 is 1.06 bits per heavy atom. The van der Waals surface area contributed by atoms with Crippen LogP contribution in [-0.4, -0.2) is 36.2 Å². The third-order valence-electron chi connectivity index (χ3n) is 5.26. The van der Waals surface area contributed by atoms with Gasteiger partial charge in [0.25, 0.3) is 10.0 Å². The van der Waals surface area contributed by atoms with Crippen molar-refractivity contribution in [2.24, 2.45) is 0 Å². The molecule has 5 rings (SSSR count). The molecule has 1 N–H and O–H groups in total. The number of anilines is 1. The molecule has 158 valence electrons. The topological polar surface area (TPSA) is 79.4 Å². The lowest BCUT2D eigenvalue weighted by atomic mass is 10.2. The molecule has 0 bridgehead atoms. The van der Waals surface area contributed by atoms with Crippen LogP contribution in [0.5, 0.6) is 0 Å². The van der Waals surface area contributed by atoms with Gasteiger partial charge in [0, 0.05) is 17.8 Å². The van der Waals surface area contributed by atoms with E-state index >= 15 is 0 Å². The summed E-state index contributed by atoms with van der Waals surface area (Å²) in [5.74, 6) is -0.301. The summed E-state index contributed by atoms with van der Waals surface area (Å²) in [6, 6.07) is 18.1. The molecule has 0 saturated carbocycles. The van der Waals surface area contributed by atoms with Crippen LogP contribution in [0.4, 0.5) is 5.69 Å². The van der Waals surface area contributed by atoms with Gasteiger partial charge in [-0.15, -0.1) is 22.7 Å². The Bertz CT molecular complexity index is 1300. The molecule has 1 aliphatic heterocycles. The van der Waals surface area contributed by atoms with Gasteiger partial charge in [-0.05, 0) is 60.7 Å². The lowest BCUT2D eigenvalue weighted by Crippen LogP contribution is -2.42. The molecule has 31 heavy (non-hydrogen) atoms. The molecule has 0 unspecified atom stereocenters. The molecule has 1 amide bonds. The molecular formula is C22H19N3O3S3. The maximum absolute atomic E-state index is 12.9. The van der Waals surface area contributed by atoms with Crippen molar-refractivity contribution in [1.29, 1.82) is 0 Å². The number of hydrogen-bond acceptors (Lipinski definition) is 6. The van der Waals surface area contributed by atoms with Gasteiger partial charge in [0.1, 0.15) is 15.3 Å². The van der Waals surface area contributed by atoms with E-state index in [1.807, 2.05) is 48.5 Å². The van der Waals surface area contributed by atoms with Crippen LogP contribution >= 0.6 is 22.7 Å². The number of carbonyl (C=O) groups is 1. The third kappa shape index (κ3) is 3.89. The first-order valence-electron chi connectivity index (χ1n) is 9.84. The van der Waals surface area contributed by atoms with Gasteiger partial charge >= 0.3 is 0 Å². The Morgan fingerprint density at radius 3 is 2.61 bits per heavy atom. The number of thiophene rings is 1. The highest BCUT2D eigenvalue weighted by atomic mass is 32.2. The van der Waals surface area contributed by atoms with Crippen LogP contribution in [-0.2, 0) is 14.8 Å². The summed E-state index contributed by atoms with van der Waals surface area (Å²) in [6.45, 7) is 0.356. The molecule has 1 aliphatic rings. The predicted molar refractivity (Wildman–Crippen MR) is 125 cm³/mol. The van der Waals surface area contributed by atoms with Crippen molar-refractivity contribution in [2.45, 2.75) is 23.1 Å². The molecule has 9 heteroatoms. The van der Waals surface area contributed by atoms with E-state index in [-0.39, 0.29) is 10.1 Å². The number of benzene rings is 2. The first-order valence-corrected chi connectivity index (χ1v) is 13.0. The van der Waals surface area contributed by atoms with Crippen molar-refractivity contribution in [2.75, 3.05) is 11.9 Å². The Hall–Kier alpha value is -2.59. The fraction of sp³-hybridized carbons (Fsp3) is 0.182. The Balaban J connectivity index is 1.32. The molecule has 0 aliphatic carbocycles. The lowest BCUT2D eigenvalue weighted by Gasteiger charge is -2.22. The van der Waals surface area contributed by atoms with E-state index in [2.05, 4.69) is 10.3 Å². The largest absolute Gasteiger partial charge is 0.325 e. The number of aromatic nitrogens is 1. The number of thiazole rings is 1. The smallest absolute Gasteiger partial charge is 0.253 e. The SMILES string of the molecule is O=C(Nc1ccc(-c2nc3ccccc3s2)cc1)[C@@H]1CCCN1S(=O)(=O)c1cccs1. The van der Waals surface area contributed by atoms with Crippen molar-refractivity contribution in [1.82, 2.24) is 9.29 Å². The van der Waals surface area contributed by atoms with Crippen molar-refractivity contribution in [3.63, 3.8) is 0 Å². The van der Waals surface area contributed by atoms with Crippen LogP contribution in [0, 0.1) is 0 Å². The second-order valence-corrected chi connectivity index (χ2v) is 11.4. The zero-order valence-corrected chi connectivity index (χ0v) is 18.8. The molecule has 0 spiro atoms. The number of para-hydroxylation sites is 1. The molecule has 6 nitrogen and oxygen atoms in total. The van der Waals surface area contributed by atoms with Gasteiger partial charge in [-0.3, -0.25) is 4.79 Å². The standard InChI is InChI=1S/C22H19N3O3S3/c26-21(18-6-3-13-25(18)31(27,28)20-8-4-14-29-20)23-16-11-9-15(10-12-16)22-24-17-5-1-2-7-19(17)30-22/h1-2,4-5,7-12,14,18H,3,6,13H2,(H,23,26)/t18-/m0/s1. The zero-order valence-electron chi connectivity index (χ0n) is 16.4. The number of hydrogen-bond donors (Lipinski definition) is 1. The lowest BCUT2D eigenvalue weighted by molar-refractivity contribution is -0.119. The van der Waals surface area contributed by atoms with Crippen LogP contribution in [0.1, 0.15) is 12.8 Å². The van der Waals surface area contributed by atoms with Gasteiger partial charge < -0.3 is 5.32 Å². The van der Waals surface area contributed by atoms with Crippen molar-refractivity contribution in [3.05, 3.63) is 66.0 Å². The van der Waals surface area contributed by atoms with Gasteiger partial charge in [-0.1, -0.05) is 18.2 Å². The maximum atomic E-state index is 12.9. The second-order valence-electron chi connectivity index (χ2n) is 7.26. The van der Waals surface area contributed by atoms with Crippen LogP contribution in [0.2, 0.25) is 0 Å². The number of rotatable bonds is 5. The molecule has 3 heterocycles. The molecule has 0 radical (unpaired) electrons. The van der Waals surface area contributed by atoms with Gasteiger partial charge in [-0.25, -0.2) is 13.4 Å². The Kier molecular flexibility index (Phi) is 5.35. The normalized spacial score (nSPS) is 17.2. The van der Waals surface area contributed by atoms with E-state index in [0.29, 0.717) is 25.1 Å². The third-order valence-corrected chi connectivity index (χ3v) is 9.62. The second kappa shape index (κ2) is 8.16. The maximum Gasteiger partial charge on any atom is 0.253 e. The van der Waals surface area contributed by atoms with Crippen molar-refractivity contribution >= 4 is 54.5 Å². The summed E-state index contributed by atoms with van der Waals surface area (Å²) < 4.78 is 28.5. The minimum absolute atomic E-state index is 0.271. The first kappa shape index (κ1) is 20.3. The number of carbonyl (C=O) groups excluding carboxylic acids is 1. The van der Waals surface area contributed by atoms with Gasteiger partial charge in [0.15, 0.2) is 0 Å². The fourth-order valence-electron chi connectivity index (χ4n) is 3.73. The van der Waals surface area contributed by atoms with E-state index in [9.17, 15) is 13.2 Å². The highest BCUT2D eigenvalue weighted by molar-refractivity contribution is 7.91. The average molecular weight is 470 g/mol. The van der Waals surface area contributed by atoms with Crippen molar-refractivity contribution in [3.8, 4) is 10.6 Å². The molecule has 2 aromatic carbocycles. The number of amides is 1. The summed E-state index contributed by atoms with van der Waals surface area (Å²) in [5, 5.41) is 5.52. The van der Waals surface area contributed by atoms with E-state index in [4.69, 9.17) is 0 Å². The summed E-state index contributed by atoms with van der Waals surface area (Å²) in [6.07, 6.45) is 1.18. The highest BCUT2D eigenvalue weighted by Crippen LogP contribution is 2.32. The molecule has 1 saturated heterocycles. The highest BCUT2D eigenvalue weighted by Gasteiger charge is 2.39. The van der Waals surface area contributed by atoms with Gasteiger partial charge in [0.05, 0.1) is 10.2 Å². The summed E-state index contributed by atoms with van der Waals surface area (Å²) in [7, 11) is -3.65. The molecule has 4 aromatic rings. The predicted octanol–water partition coefficient (Wildman–Crippen LogP) is 4.82. The zero-order chi connectivity index (χ0) is 21.4. The van der Waals surface area contributed by atoms with Crippen LogP contribution < -0.4 is 5.32 Å². The summed E-state index contributed by atoms with van der Waals surface area (Å²) in [4.78, 5) is 17.5. The molecular weight excluding hydrogens is 450 g/mol. The minimum atomic E-state index is -3.65. The quantitative estimate of drug-likeness (QED) is 0.455. The van der Waals surface area contributed by atoms with Crippen LogP contribution in [0.25, 0.3) is 20.8 Å². The van der Waals surface area contributed by atoms with Crippen molar-refractivity contribution < 1.29 is 13.2 Å².